The third kappa shape index (κ3) is 4.31. The molecule has 2 aromatic heterocycles. The number of carbonyl (C=O) groups excluding carboxylic acids is 2. The second-order valence-corrected chi connectivity index (χ2v) is 6.60. The minimum atomic E-state index is -0.338. The Morgan fingerprint density at radius 3 is 2.28 bits per heavy atom. The maximum Gasteiger partial charge on any atom is 0.289 e. The molecule has 0 N–H and O–H groups in total. The number of nitrogens with zero attached hydrogens (tertiary/aromatic N) is 2. The number of rotatable bonds is 5. The Kier molecular flexibility index (Phi) is 5.33. The summed E-state index contributed by atoms with van der Waals surface area (Å²) in [6, 6.07) is 10.6. The van der Waals surface area contributed by atoms with Crippen molar-refractivity contribution in [1.29, 1.82) is 0 Å². The van der Waals surface area contributed by atoms with Crippen LogP contribution in [0.4, 0.5) is 4.39 Å². The van der Waals surface area contributed by atoms with Gasteiger partial charge in [-0.1, -0.05) is 0 Å². The normalized spacial score (nSPS) is 14.1. The molecular formula is C21H19FN2O5. The second-order valence-electron chi connectivity index (χ2n) is 6.60. The first-order valence-electron chi connectivity index (χ1n) is 9.18. The van der Waals surface area contributed by atoms with Gasteiger partial charge in [-0.25, -0.2) is 4.39 Å². The van der Waals surface area contributed by atoms with Gasteiger partial charge in [-0.3, -0.25) is 9.59 Å². The first kappa shape index (κ1) is 18.8. The van der Waals surface area contributed by atoms with Crippen molar-refractivity contribution in [3.05, 3.63) is 77.9 Å². The van der Waals surface area contributed by atoms with Gasteiger partial charge in [0.1, 0.15) is 30.2 Å². The molecule has 1 fully saturated rings. The Balaban J connectivity index is 1.30. The van der Waals surface area contributed by atoms with Crippen LogP contribution in [0.25, 0.3) is 0 Å². The Bertz CT molecular complexity index is 973. The van der Waals surface area contributed by atoms with Crippen molar-refractivity contribution >= 4 is 11.8 Å². The van der Waals surface area contributed by atoms with Crippen molar-refractivity contribution in [3.63, 3.8) is 0 Å². The number of piperazine rings is 1. The molecule has 1 saturated heterocycles. The molecule has 0 aliphatic carbocycles. The van der Waals surface area contributed by atoms with E-state index < -0.39 is 0 Å². The molecule has 150 valence electrons. The smallest absolute Gasteiger partial charge is 0.289 e. The van der Waals surface area contributed by atoms with Gasteiger partial charge in [0.2, 0.25) is 0 Å². The van der Waals surface area contributed by atoms with Crippen LogP contribution < -0.4 is 4.74 Å². The van der Waals surface area contributed by atoms with Crippen LogP contribution in [0, 0.1) is 5.82 Å². The zero-order valence-electron chi connectivity index (χ0n) is 15.5. The number of benzene rings is 1. The van der Waals surface area contributed by atoms with Crippen LogP contribution >= 0.6 is 0 Å². The van der Waals surface area contributed by atoms with Crippen LogP contribution in [0.3, 0.4) is 0 Å². The SMILES string of the molecule is O=C(c1ccoc1)N1CCN(C(=O)c2ccc(COc3ccc(F)cc3)o2)CC1. The molecule has 0 saturated carbocycles. The molecule has 1 aliphatic heterocycles. The molecule has 0 atom stereocenters. The predicted octanol–water partition coefficient (Wildman–Crippen LogP) is 3.19. The number of amides is 2. The molecule has 1 aromatic carbocycles. The number of hydrogen-bond donors (Lipinski definition) is 0. The largest absolute Gasteiger partial charge is 0.486 e. The lowest BCUT2D eigenvalue weighted by Gasteiger charge is -2.34. The maximum absolute atomic E-state index is 12.9. The fourth-order valence-electron chi connectivity index (χ4n) is 3.09. The maximum atomic E-state index is 12.9. The monoisotopic (exact) mass is 398 g/mol. The van der Waals surface area contributed by atoms with E-state index in [2.05, 4.69) is 0 Å². The number of hydrogen-bond acceptors (Lipinski definition) is 5. The summed E-state index contributed by atoms with van der Waals surface area (Å²) in [7, 11) is 0. The van der Waals surface area contributed by atoms with Gasteiger partial charge in [0.05, 0.1) is 11.8 Å². The molecule has 7 nitrogen and oxygen atoms in total. The van der Waals surface area contributed by atoms with Crippen LogP contribution in [-0.2, 0) is 6.61 Å². The van der Waals surface area contributed by atoms with E-state index >= 15 is 0 Å². The molecule has 1 aliphatic rings. The second kappa shape index (κ2) is 8.22. The summed E-state index contributed by atoms with van der Waals surface area (Å²) in [6.07, 6.45) is 2.87. The highest BCUT2D eigenvalue weighted by atomic mass is 19.1. The molecule has 4 rings (SSSR count). The summed E-state index contributed by atoms with van der Waals surface area (Å²) < 4.78 is 29.0. The van der Waals surface area contributed by atoms with Crippen molar-refractivity contribution in [3.8, 4) is 5.75 Å². The molecule has 8 heteroatoms. The van der Waals surface area contributed by atoms with Crippen LogP contribution in [0.15, 0.2) is 63.8 Å². The van der Waals surface area contributed by atoms with Crippen molar-refractivity contribution in [1.82, 2.24) is 9.80 Å². The summed E-state index contributed by atoms with van der Waals surface area (Å²) in [5, 5.41) is 0. The molecule has 3 heterocycles. The zero-order chi connectivity index (χ0) is 20.2. The average Bonchev–Trinajstić information content (AvgIpc) is 3.45. The fourth-order valence-corrected chi connectivity index (χ4v) is 3.09. The predicted molar refractivity (Wildman–Crippen MR) is 100.0 cm³/mol. The highest BCUT2D eigenvalue weighted by Crippen LogP contribution is 2.17. The van der Waals surface area contributed by atoms with E-state index in [1.54, 1.807) is 28.0 Å². The Morgan fingerprint density at radius 1 is 0.931 bits per heavy atom. The van der Waals surface area contributed by atoms with Gasteiger partial charge < -0.3 is 23.4 Å². The van der Waals surface area contributed by atoms with Crippen LogP contribution in [-0.4, -0.2) is 47.8 Å². The van der Waals surface area contributed by atoms with Crippen LogP contribution in [0.2, 0.25) is 0 Å². The molecule has 0 spiro atoms. The molecule has 0 unspecified atom stereocenters. The van der Waals surface area contributed by atoms with Gasteiger partial charge in [-0.2, -0.15) is 0 Å². The van der Waals surface area contributed by atoms with Crippen molar-refractivity contribution in [2.75, 3.05) is 26.2 Å². The topological polar surface area (TPSA) is 76.1 Å². The highest BCUT2D eigenvalue weighted by molar-refractivity contribution is 5.94. The lowest BCUT2D eigenvalue weighted by molar-refractivity contribution is 0.0515. The van der Waals surface area contributed by atoms with E-state index in [9.17, 15) is 14.0 Å². The molecule has 0 bridgehead atoms. The van der Waals surface area contributed by atoms with Crippen LogP contribution in [0.1, 0.15) is 26.7 Å². The number of halogens is 1. The third-order valence-electron chi connectivity index (χ3n) is 4.69. The molecule has 2 amide bonds. The number of furan rings is 2. The third-order valence-corrected chi connectivity index (χ3v) is 4.69. The van der Waals surface area contributed by atoms with Gasteiger partial charge in [-0.05, 0) is 42.5 Å². The Morgan fingerprint density at radius 2 is 1.62 bits per heavy atom. The minimum Gasteiger partial charge on any atom is -0.486 e. The minimum absolute atomic E-state index is 0.107. The van der Waals surface area contributed by atoms with Crippen LogP contribution in [0.5, 0.6) is 5.75 Å². The van der Waals surface area contributed by atoms with Gasteiger partial charge in [0.15, 0.2) is 5.76 Å². The van der Waals surface area contributed by atoms with Crippen molar-refractivity contribution < 1.29 is 27.6 Å². The summed E-state index contributed by atoms with van der Waals surface area (Å²) >= 11 is 0. The van der Waals surface area contributed by atoms with E-state index in [0.29, 0.717) is 43.3 Å². The summed E-state index contributed by atoms with van der Waals surface area (Å²) in [6.45, 7) is 1.86. The number of ether oxygens (including phenoxy) is 1. The summed E-state index contributed by atoms with van der Waals surface area (Å²) in [4.78, 5) is 28.3. The van der Waals surface area contributed by atoms with E-state index in [0.717, 1.165) is 0 Å². The zero-order valence-corrected chi connectivity index (χ0v) is 15.5. The molecule has 29 heavy (non-hydrogen) atoms. The molecular weight excluding hydrogens is 379 g/mol. The standard InChI is InChI=1S/C21H19FN2O5/c22-16-1-3-17(4-2-16)28-14-18-5-6-19(29-18)21(26)24-10-8-23(9-11-24)20(25)15-7-12-27-13-15/h1-7,12-13H,8-11,14H2. The van der Waals surface area contributed by atoms with Crippen molar-refractivity contribution in [2.45, 2.75) is 6.61 Å². The Labute approximate surface area is 166 Å². The van der Waals surface area contributed by atoms with Gasteiger partial charge in [-0.15, -0.1) is 0 Å². The summed E-state index contributed by atoms with van der Waals surface area (Å²) in [5.74, 6) is 0.546. The van der Waals surface area contributed by atoms with Gasteiger partial charge in [0.25, 0.3) is 11.8 Å². The first-order valence-corrected chi connectivity index (χ1v) is 9.18. The fraction of sp³-hybridized carbons (Fsp3) is 0.238. The molecule has 0 radical (unpaired) electrons. The Hall–Kier alpha value is -3.55. The van der Waals surface area contributed by atoms with E-state index in [1.165, 1.54) is 36.8 Å². The average molecular weight is 398 g/mol. The van der Waals surface area contributed by atoms with Gasteiger partial charge >= 0.3 is 0 Å². The number of carbonyl (C=O) groups is 2. The van der Waals surface area contributed by atoms with E-state index in [-0.39, 0.29) is 30.0 Å². The lowest BCUT2D eigenvalue weighted by atomic mass is 10.2. The lowest BCUT2D eigenvalue weighted by Crippen LogP contribution is -2.50. The molecule has 3 aromatic rings. The van der Waals surface area contributed by atoms with Crippen molar-refractivity contribution in [2.24, 2.45) is 0 Å². The quantitative estimate of drug-likeness (QED) is 0.660. The summed E-state index contributed by atoms with van der Waals surface area (Å²) in [5.41, 5.74) is 0.501. The van der Waals surface area contributed by atoms with Gasteiger partial charge in [0, 0.05) is 26.2 Å². The van der Waals surface area contributed by atoms with E-state index in [4.69, 9.17) is 13.6 Å². The highest BCUT2D eigenvalue weighted by Gasteiger charge is 2.27. The van der Waals surface area contributed by atoms with E-state index in [1.807, 2.05) is 0 Å². The first-order chi connectivity index (χ1) is 14.1.